The molecule has 2 N–H and O–H groups in total. The van der Waals surface area contributed by atoms with E-state index in [1.54, 1.807) is 42.5 Å². The Labute approximate surface area is 217 Å². The van der Waals surface area contributed by atoms with Crippen LogP contribution in [-0.4, -0.2) is 48.6 Å². The molecule has 2 atom stereocenters. The fourth-order valence-electron chi connectivity index (χ4n) is 4.89. The summed E-state index contributed by atoms with van der Waals surface area (Å²) in [6, 6.07) is 17.4. The lowest BCUT2D eigenvalue weighted by atomic mass is 9.81. The SMILES string of the molecule is COc1ccc(CN2C(=O)[C@@H](C(=O)O)[C@H](c3ccc4c(c3)OCO4)Cc3ccccc32)c(OCC(=O)O)c1. The summed E-state index contributed by atoms with van der Waals surface area (Å²) in [6.07, 6.45) is 0.306. The van der Waals surface area contributed by atoms with Gasteiger partial charge in [0.15, 0.2) is 18.1 Å². The second-order valence-electron chi connectivity index (χ2n) is 8.95. The number of rotatable bonds is 8. The lowest BCUT2D eigenvalue weighted by Crippen LogP contribution is -2.41. The molecule has 0 saturated heterocycles. The average molecular weight is 520 g/mol. The van der Waals surface area contributed by atoms with E-state index in [-0.39, 0.29) is 19.1 Å². The Kier molecular flexibility index (Phi) is 6.78. The number of methoxy groups -OCH3 is 1. The van der Waals surface area contributed by atoms with Gasteiger partial charge in [-0.15, -0.1) is 0 Å². The van der Waals surface area contributed by atoms with Crippen LogP contribution < -0.4 is 23.8 Å². The highest BCUT2D eigenvalue weighted by Crippen LogP contribution is 2.42. The summed E-state index contributed by atoms with van der Waals surface area (Å²) >= 11 is 0. The number of amides is 1. The lowest BCUT2D eigenvalue weighted by molar-refractivity contribution is -0.147. The third-order valence-corrected chi connectivity index (χ3v) is 6.70. The molecule has 0 radical (unpaired) electrons. The molecule has 2 aliphatic rings. The number of carboxylic acid groups (broad SMARTS) is 2. The van der Waals surface area contributed by atoms with Gasteiger partial charge in [0.1, 0.15) is 17.4 Å². The Morgan fingerprint density at radius 2 is 1.82 bits per heavy atom. The van der Waals surface area contributed by atoms with E-state index in [1.807, 2.05) is 12.1 Å². The van der Waals surface area contributed by atoms with Crippen LogP contribution in [0.25, 0.3) is 0 Å². The van der Waals surface area contributed by atoms with Crippen LogP contribution in [0.5, 0.6) is 23.0 Å². The fraction of sp³-hybridized carbons (Fsp3) is 0.250. The minimum atomic E-state index is -1.38. The van der Waals surface area contributed by atoms with E-state index in [1.165, 1.54) is 18.1 Å². The monoisotopic (exact) mass is 519 g/mol. The summed E-state index contributed by atoms with van der Waals surface area (Å²) in [5.41, 5.74) is 2.53. The van der Waals surface area contributed by atoms with Crippen molar-refractivity contribution in [2.45, 2.75) is 18.9 Å². The highest BCUT2D eigenvalue weighted by Gasteiger charge is 2.43. The van der Waals surface area contributed by atoms with E-state index in [4.69, 9.17) is 24.1 Å². The lowest BCUT2D eigenvalue weighted by Gasteiger charge is -2.27. The Bertz CT molecular complexity index is 1400. The van der Waals surface area contributed by atoms with E-state index in [9.17, 15) is 19.5 Å². The number of hydrogen-bond acceptors (Lipinski definition) is 7. The molecule has 0 unspecified atom stereocenters. The molecule has 0 fully saturated rings. The number of anilines is 1. The predicted molar refractivity (Wildman–Crippen MR) is 134 cm³/mol. The zero-order chi connectivity index (χ0) is 26.8. The molecule has 3 aromatic carbocycles. The number of nitrogens with zero attached hydrogens (tertiary/aromatic N) is 1. The first-order valence-electron chi connectivity index (χ1n) is 11.9. The van der Waals surface area contributed by atoms with E-state index < -0.39 is 36.3 Å². The molecule has 196 valence electrons. The summed E-state index contributed by atoms with van der Waals surface area (Å²) in [5.74, 6) is -3.31. The number of aliphatic carboxylic acids is 2. The maximum Gasteiger partial charge on any atom is 0.341 e. The third-order valence-electron chi connectivity index (χ3n) is 6.70. The number of carbonyl (C=O) groups excluding carboxylic acids is 1. The van der Waals surface area contributed by atoms with Crippen molar-refractivity contribution in [3.8, 4) is 23.0 Å². The molecule has 0 aliphatic carbocycles. The number of carbonyl (C=O) groups is 3. The van der Waals surface area contributed by atoms with Gasteiger partial charge in [0.05, 0.1) is 13.7 Å². The van der Waals surface area contributed by atoms with Gasteiger partial charge in [-0.3, -0.25) is 9.59 Å². The molecule has 3 aromatic rings. The van der Waals surface area contributed by atoms with Gasteiger partial charge in [0.25, 0.3) is 0 Å². The Balaban J connectivity index is 1.56. The molecular formula is C28H25NO9. The van der Waals surface area contributed by atoms with Gasteiger partial charge < -0.3 is 34.1 Å². The predicted octanol–water partition coefficient (Wildman–Crippen LogP) is 3.46. The second kappa shape index (κ2) is 10.3. The number of fused-ring (bicyclic) bond motifs is 2. The highest BCUT2D eigenvalue weighted by molar-refractivity contribution is 6.07. The molecule has 10 nitrogen and oxygen atoms in total. The average Bonchev–Trinajstić information content (AvgIpc) is 3.34. The molecule has 38 heavy (non-hydrogen) atoms. The largest absolute Gasteiger partial charge is 0.497 e. The minimum Gasteiger partial charge on any atom is -0.497 e. The smallest absolute Gasteiger partial charge is 0.341 e. The minimum absolute atomic E-state index is 0.0353. The van der Waals surface area contributed by atoms with Crippen molar-refractivity contribution < 1.29 is 43.5 Å². The van der Waals surface area contributed by atoms with Gasteiger partial charge in [0, 0.05) is 23.2 Å². The first kappa shape index (κ1) is 24.9. The molecular weight excluding hydrogens is 494 g/mol. The van der Waals surface area contributed by atoms with E-state index in [0.717, 1.165) is 5.56 Å². The topological polar surface area (TPSA) is 132 Å². The zero-order valence-corrected chi connectivity index (χ0v) is 20.5. The summed E-state index contributed by atoms with van der Waals surface area (Å²) in [7, 11) is 1.47. The third kappa shape index (κ3) is 4.80. The summed E-state index contributed by atoms with van der Waals surface area (Å²) in [4.78, 5) is 39.2. The van der Waals surface area contributed by atoms with Crippen molar-refractivity contribution in [2.75, 3.05) is 25.4 Å². The Morgan fingerprint density at radius 3 is 2.58 bits per heavy atom. The Morgan fingerprint density at radius 1 is 1.03 bits per heavy atom. The molecule has 1 amide bonds. The second-order valence-corrected chi connectivity index (χ2v) is 8.95. The summed E-state index contributed by atoms with van der Waals surface area (Å²) < 4.78 is 21.6. The number of carboxylic acids is 2. The molecule has 10 heteroatoms. The Hall–Kier alpha value is -4.73. The number of ether oxygens (including phenoxy) is 4. The van der Waals surface area contributed by atoms with Crippen molar-refractivity contribution in [3.63, 3.8) is 0 Å². The number of hydrogen-bond donors (Lipinski definition) is 2. The van der Waals surface area contributed by atoms with Crippen LogP contribution in [0.15, 0.2) is 60.7 Å². The van der Waals surface area contributed by atoms with E-state index in [0.29, 0.717) is 40.5 Å². The fourth-order valence-corrected chi connectivity index (χ4v) is 4.89. The van der Waals surface area contributed by atoms with Crippen LogP contribution in [-0.2, 0) is 27.3 Å². The molecule has 2 aliphatic heterocycles. The van der Waals surface area contributed by atoms with Gasteiger partial charge >= 0.3 is 11.9 Å². The van der Waals surface area contributed by atoms with E-state index in [2.05, 4.69) is 0 Å². The van der Waals surface area contributed by atoms with Crippen LogP contribution >= 0.6 is 0 Å². The van der Waals surface area contributed by atoms with Crippen molar-refractivity contribution in [2.24, 2.45) is 5.92 Å². The van der Waals surface area contributed by atoms with Gasteiger partial charge in [-0.25, -0.2) is 4.79 Å². The van der Waals surface area contributed by atoms with E-state index >= 15 is 0 Å². The first-order valence-corrected chi connectivity index (χ1v) is 11.9. The molecule has 0 aromatic heterocycles. The molecule has 2 heterocycles. The van der Waals surface area contributed by atoms with Crippen LogP contribution in [0.2, 0.25) is 0 Å². The normalized spacial score (nSPS) is 17.9. The van der Waals surface area contributed by atoms with Crippen LogP contribution in [0.3, 0.4) is 0 Å². The molecule has 0 saturated carbocycles. The summed E-state index contributed by atoms with van der Waals surface area (Å²) in [5, 5.41) is 19.4. The van der Waals surface area contributed by atoms with Gasteiger partial charge in [0.2, 0.25) is 12.7 Å². The van der Waals surface area contributed by atoms with Gasteiger partial charge in [-0.2, -0.15) is 0 Å². The molecule has 0 spiro atoms. The van der Waals surface area contributed by atoms with Gasteiger partial charge in [-0.1, -0.05) is 24.3 Å². The summed E-state index contributed by atoms with van der Waals surface area (Å²) in [6.45, 7) is -0.545. The van der Waals surface area contributed by atoms with Crippen LogP contribution in [0.4, 0.5) is 5.69 Å². The quantitative estimate of drug-likeness (QED) is 0.430. The molecule has 0 bridgehead atoms. The van der Waals surface area contributed by atoms with Crippen LogP contribution in [0.1, 0.15) is 22.6 Å². The standard InChI is InChI=1S/C28H25NO9/c1-35-19-8-6-18(23(12-19)36-14-25(30)31)13-29-21-5-3-2-4-17(21)10-20(26(27(29)32)28(33)34)16-7-9-22-24(11-16)38-15-37-22/h2-9,11-12,20,26H,10,13-15H2,1H3,(H,30,31)(H,33,34)/t20-,26-/m0/s1. The molecule has 5 rings (SSSR count). The number of para-hydroxylation sites is 1. The van der Waals surface area contributed by atoms with Crippen molar-refractivity contribution in [3.05, 3.63) is 77.4 Å². The zero-order valence-electron chi connectivity index (χ0n) is 20.5. The maximum absolute atomic E-state index is 14.0. The van der Waals surface area contributed by atoms with Crippen LogP contribution in [0, 0.1) is 5.92 Å². The first-order chi connectivity index (χ1) is 18.4. The van der Waals surface area contributed by atoms with Crippen molar-refractivity contribution >= 4 is 23.5 Å². The van der Waals surface area contributed by atoms with Crippen molar-refractivity contribution in [1.29, 1.82) is 0 Å². The van der Waals surface area contributed by atoms with Gasteiger partial charge in [-0.05, 0) is 47.9 Å². The maximum atomic E-state index is 14.0. The highest BCUT2D eigenvalue weighted by atomic mass is 16.7. The number of benzene rings is 3. The van der Waals surface area contributed by atoms with Crippen molar-refractivity contribution in [1.82, 2.24) is 0 Å².